The molecule has 0 N–H and O–H groups in total. The summed E-state index contributed by atoms with van der Waals surface area (Å²) in [5.74, 6) is 2.47. The van der Waals surface area contributed by atoms with Crippen LogP contribution >= 0.6 is 0 Å². The van der Waals surface area contributed by atoms with Gasteiger partial charge < -0.3 is 8.83 Å². The van der Waals surface area contributed by atoms with Gasteiger partial charge in [0.2, 0.25) is 5.89 Å². The first-order valence-electron chi connectivity index (χ1n) is 17.9. The Bertz CT molecular complexity index is 3160. The summed E-state index contributed by atoms with van der Waals surface area (Å²) in [6.07, 6.45) is 0. The van der Waals surface area contributed by atoms with E-state index in [1.54, 1.807) is 0 Å². The van der Waals surface area contributed by atoms with Crippen LogP contribution in [0.4, 0.5) is 0 Å². The second kappa shape index (κ2) is 12.1. The molecule has 0 saturated heterocycles. The van der Waals surface area contributed by atoms with Crippen LogP contribution in [0.1, 0.15) is 0 Å². The van der Waals surface area contributed by atoms with E-state index in [2.05, 4.69) is 78.9 Å². The van der Waals surface area contributed by atoms with E-state index in [9.17, 15) is 0 Å². The summed E-state index contributed by atoms with van der Waals surface area (Å²) >= 11 is 0. The predicted octanol–water partition coefficient (Wildman–Crippen LogP) is 12.6. The topological polar surface area (TPSA) is 77.8 Å². The van der Waals surface area contributed by atoms with Crippen LogP contribution < -0.4 is 0 Å². The molecule has 0 aliphatic heterocycles. The Morgan fingerprint density at radius 3 is 1.43 bits per heavy atom. The molecule has 0 unspecified atom stereocenters. The van der Waals surface area contributed by atoms with Crippen molar-refractivity contribution in [2.45, 2.75) is 0 Å². The molecular weight excluding hydrogens is 665 g/mol. The first-order chi connectivity index (χ1) is 26.8. The van der Waals surface area contributed by atoms with Gasteiger partial charge in [0.05, 0.1) is 5.39 Å². The Labute approximate surface area is 309 Å². The molecule has 0 atom stereocenters. The van der Waals surface area contributed by atoms with Gasteiger partial charge >= 0.3 is 0 Å². The fourth-order valence-corrected chi connectivity index (χ4v) is 7.69. The number of para-hydroxylation sites is 1. The van der Waals surface area contributed by atoms with Crippen LogP contribution in [0.25, 0.3) is 111 Å². The van der Waals surface area contributed by atoms with Crippen LogP contribution in [0, 0.1) is 0 Å². The number of oxazole rings is 1. The van der Waals surface area contributed by atoms with Crippen LogP contribution in [0.2, 0.25) is 0 Å². The zero-order valence-electron chi connectivity index (χ0n) is 28.8. The number of hydrogen-bond acceptors (Lipinski definition) is 6. The minimum atomic E-state index is 0.573. The zero-order chi connectivity index (χ0) is 35.6. The highest BCUT2D eigenvalue weighted by atomic mass is 16.4. The highest BCUT2D eigenvalue weighted by Gasteiger charge is 2.20. The summed E-state index contributed by atoms with van der Waals surface area (Å²) in [6, 6.07) is 57.7. The first-order valence-corrected chi connectivity index (χ1v) is 17.9. The molecule has 11 aromatic rings. The number of nitrogens with zero attached hydrogens (tertiary/aromatic N) is 4. The van der Waals surface area contributed by atoms with E-state index in [1.807, 2.05) is 91.0 Å². The lowest BCUT2D eigenvalue weighted by atomic mass is 9.90. The van der Waals surface area contributed by atoms with Crippen molar-refractivity contribution in [1.29, 1.82) is 0 Å². The summed E-state index contributed by atoms with van der Waals surface area (Å²) in [7, 11) is 0. The van der Waals surface area contributed by atoms with Crippen molar-refractivity contribution >= 4 is 54.6 Å². The molecule has 8 aromatic carbocycles. The molecule has 0 bridgehead atoms. The summed E-state index contributed by atoms with van der Waals surface area (Å²) in [5, 5.41) is 6.28. The number of benzene rings is 8. The fourth-order valence-electron chi connectivity index (χ4n) is 7.69. The van der Waals surface area contributed by atoms with Crippen molar-refractivity contribution in [3.05, 3.63) is 170 Å². The van der Waals surface area contributed by atoms with Gasteiger partial charge in [-0.3, -0.25) is 0 Å². The van der Waals surface area contributed by atoms with Crippen LogP contribution in [-0.2, 0) is 0 Å². The van der Waals surface area contributed by atoms with Gasteiger partial charge in [-0.2, -0.15) is 0 Å². The number of aromatic nitrogens is 4. The SMILES string of the molecule is c1ccc(-c2nc(-c3ccccc3)nc(-c3ccc(-c4ccc(-c5nc6ccc7oc8ccccc8c7c6o5)c5ccccc45)c4ccccc34)n2)cc1. The van der Waals surface area contributed by atoms with E-state index in [1.165, 1.54) is 0 Å². The van der Waals surface area contributed by atoms with Gasteiger partial charge in [-0.25, -0.2) is 19.9 Å². The lowest BCUT2D eigenvalue weighted by Gasteiger charge is -2.15. The minimum absolute atomic E-state index is 0.573. The molecule has 3 heterocycles. The molecule has 6 nitrogen and oxygen atoms in total. The fraction of sp³-hybridized carbons (Fsp3) is 0. The van der Waals surface area contributed by atoms with Crippen molar-refractivity contribution in [1.82, 2.24) is 19.9 Å². The van der Waals surface area contributed by atoms with E-state index in [-0.39, 0.29) is 0 Å². The van der Waals surface area contributed by atoms with Crippen molar-refractivity contribution in [3.63, 3.8) is 0 Å². The number of hydrogen-bond donors (Lipinski definition) is 0. The Morgan fingerprint density at radius 2 is 0.796 bits per heavy atom. The third kappa shape index (κ3) is 4.81. The zero-order valence-corrected chi connectivity index (χ0v) is 28.8. The lowest BCUT2D eigenvalue weighted by Crippen LogP contribution is -2.00. The van der Waals surface area contributed by atoms with Crippen LogP contribution in [0.5, 0.6) is 0 Å². The Hall–Kier alpha value is -7.44. The molecule has 3 aromatic heterocycles. The number of furan rings is 1. The third-order valence-electron chi connectivity index (χ3n) is 10.2. The molecule has 0 aliphatic rings. The molecule has 0 radical (unpaired) electrons. The molecule has 0 spiro atoms. The van der Waals surface area contributed by atoms with E-state index in [4.69, 9.17) is 28.8 Å². The largest absolute Gasteiger partial charge is 0.456 e. The molecule has 0 saturated carbocycles. The third-order valence-corrected chi connectivity index (χ3v) is 10.2. The van der Waals surface area contributed by atoms with Gasteiger partial charge in [0.15, 0.2) is 23.1 Å². The molecule has 252 valence electrons. The Balaban J connectivity index is 1.08. The summed E-state index contributed by atoms with van der Waals surface area (Å²) in [5.41, 5.74) is 9.11. The quantitative estimate of drug-likeness (QED) is 0.179. The normalized spacial score (nSPS) is 11.7. The lowest BCUT2D eigenvalue weighted by molar-refractivity contribution is 0.623. The molecule has 0 fully saturated rings. The van der Waals surface area contributed by atoms with E-state index < -0.39 is 0 Å². The molecule has 0 aliphatic carbocycles. The summed E-state index contributed by atoms with van der Waals surface area (Å²) in [4.78, 5) is 20.0. The summed E-state index contributed by atoms with van der Waals surface area (Å²) in [6.45, 7) is 0. The maximum Gasteiger partial charge on any atom is 0.227 e. The predicted molar refractivity (Wildman–Crippen MR) is 217 cm³/mol. The van der Waals surface area contributed by atoms with Crippen molar-refractivity contribution in [2.75, 3.05) is 0 Å². The smallest absolute Gasteiger partial charge is 0.227 e. The van der Waals surface area contributed by atoms with Crippen LogP contribution in [0.15, 0.2) is 179 Å². The van der Waals surface area contributed by atoms with Crippen LogP contribution in [-0.4, -0.2) is 19.9 Å². The van der Waals surface area contributed by atoms with Gasteiger partial charge in [-0.1, -0.05) is 140 Å². The molecule has 54 heavy (non-hydrogen) atoms. The molecule has 6 heteroatoms. The van der Waals surface area contributed by atoms with Gasteiger partial charge in [0, 0.05) is 27.6 Å². The van der Waals surface area contributed by atoms with Crippen molar-refractivity contribution in [3.8, 4) is 56.7 Å². The van der Waals surface area contributed by atoms with E-state index >= 15 is 0 Å². The Morgan fingerprint density at radius 1 is 0.315 bits per heavy atom. The van der Waals surface area contributed by atoms with E-state index in [0.717, 1.165) is 88.0 Å². The van der Waals surface area contributed by atoms with Gasteiger partial charge in [-0.15, -0.1) is 0 Å². The second-order valence-electron chi connectivity index (χ2n) is 13.4. The molecule has 11 rings (SSSR count). The van der Waals surface area contributed by atoms with Gasteiger partial charge in [0.25, 0.3) is 0 Å². The van der Waals surface area contributed by atoms with Crippen LogP contribution in [0.3, 0.4) is 0 Å². The molecule has 0 amide bonds. The standard InChI is InChI=1S/C48H28N4O2/c1-3-13-29(14-4-1)45-50-46(30-15-5-2-6-16-30)52-47(51-45)37-25-23-35(31-17-7-9-19-33(31)37)36-24-26-38(34-20-10-8-18-32(34)36)48-49-40-27-28-42-43(44(40)54-48)39-21-11-12-22-41(39)53-42/h1-28H. The average Bonchev–Trinajstić information content (AvgIpc) is 3.85. The number of rotatable bonds is 5. The first kappa shape index (κ1) is 30.2. The van der Waals surface area contributed by atoms with Gasteiger partial charge in [-0.05, 0) is 63.0 Å². The second-order valence-corrected chi connectivity index (χ2v) is 13.4. The minimum Gasteiger partial charge on any atom is -0.456 e. The van der Waals surface area contributed by atoms with E-state index in [0.29, 0.717) is 23.4 Å². The highest BCUT2D eigenvalue weighted by molar-refractivity contribution is 6.17. The maximum absolute atomic E-state index is 6.62. The molecular formula is C48H28N4O2. The Kier molecular flexibility index (Phi) is 6.75. The van der Waals surface area contributed by atoms with Crippen molar-refractivity contribution in [2.24, 2.45) is 0 Å². The highest BCUT2D eigenvalue weighted by Crippen LogP contribution is 2.42. The van der Waals surface area contributed by atoms with Gasteiger partial charge in [0.1, 0.15) is 16.7 Å². The maximum atomic E-state index is 6.62. The summed E-state index contributed by atoms with van der Waals surface area (Å²) < 4.78 is 12.8. The number of fused-ring (bicyclic) bond motifs is 7. The van der Waals surface area contributed by atoms with Crippen molar-refractivity contribution < 1.29 is 8.83 Å². The average molecular weight is 693 g/mol. The monoisotopic (exact) mass is 692 g/mol.